The first-order valence-corrected chi connectivity index (χ1v) is 7.76. The first-order chi connectivity index (χ1) is 11.1. The van der Waals surface area contributed by atoms with E-state index >= 15 is 0 Å². The van der Waals surface area contributed by atoms with Crippen molar-refractivity contribution >= 4 is 23.4 Å². The Bertz CT molecular complexity index is 730. The molecule has 0 bridgehead atoms. The molecule has 0 saturated heterocycles. The number of hydrogen-bond donors (Lipinski definition) is 2. The van der Waals surface area contributed by atoms with Crippen LogP contribution in [0.15, 0.2) is 48.8 Å². The summed E-state index contributed by atoms with van der Waals surface area (Å²) < 4.78 is 0. The van der Waals surface area contributed by atoms with E-state index in [9.17, 15) is 9.59 Å². The van der Waals surface area contributed by atoms with Gasteiger partial charge in [0.25, 0.3) is 5.91 Å². The predicted octanol–water partition coefficient (Wildman–Crippen LogP) is 2.62. The van der Waals surface area contributed by atoms with E-state index in [1.807, 2.05) is 18.2 Å². The fraction of sp³-hybridized carbons (Fsp3) is 0.235. The molecule has 0 unspecified atom stereocenters. The highest BCUT2D eigenvalue weighted by Crippen LogP contribution is 2.44. The van der Waals surface area contributed by atoms with Crippen LogP contribution in [-0.4, -0.2) is 16.8 Å². The number of nitrogens with one attached hydrogen (secondary N) is 2. The first-order valence-electron chi connectivity index (χ1n) is 7.39. The van der Waals surface area contributed by atoms with Crippen LogP contribution >= 0.6 is 11.6 Å². The van der Waals surface area contributed by atoms with E-state index in [-0.39, 0.29) is 5.91 Å². The smallest absolute Gasteiger partial charge is 0.271 e. The summed E-state index contributed by atoms with van der Waals surface area (Å²) in [6, 6.07) is 10.6. The fourth-order valence-corrected chi connectivity index (χ4v) is 2.96. The standard InChI is InChI=1S/C17H16ClN3O2/c18-14-6-1-5-13(10-14)17(7-3-8-17)16(23)21-20-15(22)12-4-2-9-19-11-12/h1-2,4-6,9-11H,3,7-8H2,(H,20,22)(H,21,23). The monoisotopic (exact) mass is 329 g/mol. The highest BCUT2D eigenvalue weighted by atomic mass is 35.5. The van der Waals surface area contributed by atoms with E-state index in [2.05, 4.69) is 15.8 Å². The van der Waals surface area contributed by atoms with Crippen LogP contribution in [0.1, 0.15) is 35.2 Å². The van der Waals surface area contributed by atoms with Crippen LogP contribution in [-0.2, 0) is 10.2 Å². The molecule has 23 heavy (non-hydrogen) atoms. The van der Waals surface area contributed by atoms with Gasteiger partial charge in [-0.2, -0.15) is 0 Å². The maximum atomic E-state index is 12.6. The van der Waals surface area contributed by atoms with Crippen molar-refractivity contribution in [3.8, 4) is 0 Å². The number of rotatable bonds is 3. The minimum absolute atomic E-state index is 0.219. The second-order valence-corrected chi connectivity index (χ2v) is 6.03. The van der Waals surface area contributed by atoms with Crippen molar-refractivity contribution in [2.75, 3.05) is 0 Å². The number of benzene rings is 1. The van der Waals surface area contributed by atoms with Gasteiger partial charge in [0.15, 0.2) is 0 Å². The molecule has 2 N–H and O–H groups in total. The fourth-order valence-electron chi connectivity index (χ4n) is 2.77. The molecular weight excluding hydrogens is 314 g/mol. The molecule has 0 spiro atoms. The van der Waals surface area contributed by atoms with Crippen molar-refractivity contribution in [1.82, 2.24) is 15.8 Å². The second kappa shape index (κ2) is 6.38. The molecule has 0 atom stereocenters. The van der Waals surface area contributed by atoms with Crippen molar-refractivity contribution in [3.05, 3.63) is 64.9 Å². The van der Waals surface area contributed by atoms with Crippen molar-refractivity contribution in [2.45, 2.75) is 24.7 Å². The summed E-state index contributed by atoms with van der Waals surface area (Å²) in [5, 5.41) is 0.598. The SMILES string of the molecule is O=C(NNC(=O)C1(c2cccc(Cl)c2)CCC1)c1cccnc1. The Morgan fingerprint density at radius 1 is 1.13 bits per heavy atom. The predicted molar refractivity (Wildman–Crippen MR) is 86.8 cm³/mol. The molecule has 1 aliphatic carbocycles. The molecule has 6 heteroatoms. The van der Waals surface area contributed by atoms with Crippen molar-refractivity contribution < 1.29 is 9.59 Å². The maximum Gasteiger partial charge on any atom is 0.271 e. The van der Waals surface area contributed by atoms with Crippen molar-refractivity contribution in [2.24, 2.45) is 0 Å². The molecule has 2 aromatic rings. The molecule has 3 rings (SSSR count). The van der Waals surface area contributed by atoms with Crippen LogP contribution in [0.5, 0.6) is 0 Å². The Labute approximate surface area is 139 Å². The minimum Gasteiger partial charge on any atom is -0.272 e. The average molecular weight is 330 g/mol. The zero-order chi connectivity index (χ0) is 16.3. The quantitative estimate of drug-likeness (QED) is 0.850. The molecular formula is C17H16ClN3O2. The summed E-state index contributed by atoms with van der Waals surface area (Å²) in [4.78, 5) is 28.5. The Hall–Kier alpha value is -2.40. The van der Waals surface area contributed by atoms with Gasteiger partial charge in [0.05, 0.1) is 11.0 Å². The van der Waals surface area contributed by atoms with E-state index in [0.717, 1.165) is 24.8 Å². The van der Waals surface area contributed by atoms with Gasteiger partial charge in [-0.1, -0.05) is 30.2 Å². The summed E-state index contributed by atoms with van der Waals surface area (Å²) in [5.74, 6) is -0.615. The van der Waals surface area contributed by atoms with Crippen LogP contribution in [0.4, 0.5) is 0 Å². The summed E-state index contributed by atoms with van der Waals surface area (Å²) in [6.45, 7) is 0. The van der Waals surface area contributed by atoms with Crippen LogP contribution < -0.4 is 10.9 Å². The molecule has 1 saturated carbocycles. The van der Waals surface area contributed by atoms with Gasteiger partial charge in [-0.15, -0.1) is 0 Å². The number of hydrazine groups is 1. The van der Waals surface area contributed by atoms with Gasteiger partial charge in [0.1, 0.15) is 0 Å². The van der Waals surface area contributed by atoms with Gasteiger partial charge in [-0.3, -0.25) is 25.4 Å². The highest BCUT2D eigenvalue weighted by Gasteiger charge is 2.45. The lowest BCUT2D eigenvalue weighted by Crippen LogP contribution is -2.54. The summed E-state index contributed by atoms with van der Waals surface area (Å²) in [5.41, 5.74) is 5.63. The Kier molecular flexibility index (Phi) is 4.30. The van der Waals surface area contributed by atoms with E-state index in [4.69, 9.17) is 11.6 Å². The molecule has 1 aromatic carbocycles. The lowest BCUT2D eigenvalue weighted by molar-refractivity contribution is -0.130. The van der Waals surface area contributed by atoms with E-state index in [0.29, 0.717) is 10.6 Å². The number of halogens is 1. The maximum absolute atomic E-state index is 12.6. The first kappa shape index (κ1) is 15.5. The molecule has 1 fully saturated rings. The van der Waals surface area contributed by atoms with Crippen molar-refractivity contribution in [1.29, 1.82) is 0 Å². The summed E-state index contributed by atoms with van der Waals surface area (Å²) in [6.07, 6.45) is 5.47. The molecule has 1 aromatic heterocycles. The number of hydrogen-bond acceptors (Lipinski definition) is 3. The molecule has 0 radical (unpaired) electrons. The average Bonchev–Trinajstić information content (AvgIpc) is 2.52. The topological polar surface area (TPSA) is 71.1 Å². The summed E-state index contributed by atoms with van der Waals surface area (Å²) in [7, 11) is 0. The van der Waals surface area contributed by atoms with Crippen LogP contribution in [0.25, 0.3) is 0 Å². The van der Waals surface area contributed by atoms with E-state index < -0.39 is 11.3 Å². The number of amides is 2. The number of carbonyl (C=O) groups excluding carboxylic acids is 2. The molecule has 5 nitrogen and oxygen atoms in total. The van der Waals surface area contributed by atoms with Crippen molar-refractivity contribution in [3.63, 3.8) is 0 Å². The van der Waals surface area contributed by atoms with Crippen LogP contribution in [0, 0.1) is 0 Å². The van der Waals surface area contributed by atoms with Crippen LogP contribution in [0.2, 0.25) is 5.02 Å². The van der Waals surface area contributed by atoms with Gasteiger partial charge in [0, 0.05) is 17.4 Å². The number of carbonyl (C=O) groups is 2. The third kappa shape index (κ3) is 3.05. The largest absolute Gasteiger partial charge is 0.272 e. The Morgan fingerprint density at radius 2 is 1.96 bits per heavy atom. The third-order valence-corrected chi connectivity index (χ3v) is 4.47. The number of nitrogens with zero attached hydrogens (tertiary/aromatic N) is 1. The molecule has 1 aliphatic rings. The molecule has 1 heterocycles. The molecule has 2 amide bonds. The van der Waals surface area contributed by atoms with Gasteiger partial charge < -0.3 is 0 Å². The minimum atomic E-state index is -0.618. The van der Waals surface area contributed by atoms with Gasteiger partial charge in [-0.05, 0) is 42.7 Å². The van der Waals surface area contributed by atoms with Gasteiger partial charge >= 0.3 is 0 Å². The Balaban J connectivity index is 1.70. The number of aromatic nitrogens is 1. The zero-order valence-electron chi connectivity index (χ0n) is 12.4. The molecule has 118 valence electrons. The highest BCUT2D eigenvalue weighted by molar-refractivity contribution is 6.30. The van der Waals surface area contributed by atoms with Crippen LogP contribution in [0.3, 0.4) is 0 Å². The Morgan fingerprint density at radius 3 is 2.57 bits per heavy atom. The lowest BCUT2D eigenvalue weighted by Gasteiger charge is -2.40. The van der Waals surface area contributed by atoms with E-state index in [1.165, 1.54) is 6.20 Å². The lowest BCUT2D eigenvalue weighted by atomic mass is 9.64. The van der Waals surface area contributed by atoms with Gasteiger partial charge in [0.2, 0.25) is 5.91 Å². The summed E-state index contributed by atoms with van der Waals surface area (Å²) >= 11 is 6.04. The molecule has 0 aliphatic heterocycles. The zero-order valence-corrected chi connectivity index (χ0v) is 13.1. The third-order valence-electron chi connectivity index (χ3n) is 4.23. The van der Waals surface area contributed by atoms with E-state index in [1.54, 1.807) is 24.4 Å². The normalized spacial score (nSPS) is 15.3. The number of pyridine rings is 1. The van der Waals surface area contributed by atoms with Gasteiger partial charge in [-0.25, -0.2) is 0 Å². The second-order valence-electron chi connectivity index (χ2n) is 5.60.